The zero-order chi connectivity index (χ0) is 20.1. The van der Waals surface area contributed by atoms with Gasteiger partial charge in [0.05, 0.1) is 11.4 Å². The Hall–Kier alpha value is -1.98. The van der Waals surface area contributed by atoms with Crippen LogP contribution in [-0.4, -0.2) is 23.2 Å². The molecule has 6 heteroatoms. The molecule has 0 aromatic carbocycles. The quantitative estimate of drug-likeness (QED) is 0.594. The summed E-state index contributed by atoms with van der Waals surface area (Å²) in [5.74, 6) is 0.720. The maximum absolute atomic E-state index is 12.8. The molecule has 0 aliphatic rings. The second kappa shape index (κ2) is 9.10. The number of nitrogens with zero attached hydrogens (tertiary/aromatic N) is 2. The summed E-state index contributed by atoms with van der Waals surface area (Å²) in [4.78, 5) is 6.70. The molecule has 0 aliphatic heterocycles. The SMILES string of the molecule is C=C(N[C@H](C)C(F)(F)F)c1ccc(C)c(N(C(=C)C)C(CC)CCC)n1. The summed E-state index contributed by atoms with van der Waals surface area (Å²) in [5, 5.41) is 2.40. The second-order valence-electron chi connectivity index (χ2n) is 6.68. The Morgan fingerprint density at radius 3 is 2.35 bits per heavy atom. The van der Waals surface area contributed by atoms with E-state index in [4.69, 9.17) is 0 Å². The molecule has 1 aromatic heterocycles. The molecular weight excluding hydrogens is 339 g/mol. The van der Waals surface area contributed by atoms with Crippen LogP contribution in [0, 0.1) is 6.92 Å². The van der Waals surface area contributed by atoms with Gasteiger partial charge in [0.15, 0.2) is 0 Å². The Balaban J connectivity index is 3.22. The van der Waals surface area contributed by atoms with Crippen molar-refractivity contribution in [3.63, 3.8) is 0 Å². The molecule has 0 saturated carbocycles. The number of hydrogen-bond donors (Lipinski definition) is 1. The maximum Gasteiger partial charge on any atom is 0.408 e. The fourth-order valence-corrected chi connectivity index (χ4v) is 2.86. The van der Waals surface area contributed by atoms with Crippen LogP contribution in [0.1, 0.15) is 58.2 Å². The Labute approximate surface area is 155 Å². The van der Waals surface area contributed by atoms with Crippen molar-refractivity contribution in [2.24, 2.45) is 0 Å². The first kappa shape index (κ1) is 22.1. The van der Waals surface area contributed by atoms with Crippen molar-refractivity contribution in [2.45, 2.75) is 72.1 Å². The maximum atomic E-state index is 12.8. The van der Waals surface area contributed by atoms with Gasteiger partial charge in [0, 0.05) is 11.7 Å². The number of pyridine rings is 1. The number of aryl methyl sites for hydroxylation is 1. The van der Waals surface area contributed by atoms with E-state index in [1.54, 1.807) is 6.07 Å². The molecule has 3 nitrogen and oxygen atoms in total. The lowest BCUT2D eigenvalue weighted by Gasteiger charge is -2.34. The van der Waals surface area contributed by atoms with Crippen molar-refractivity contribution in [2.75, 3.05) is 4.90 Å². The summed E-state index contributed by atoms with van der Waals surface area (Å²) in [7, 11) is 0. The van der Waals surface area contributed by atoms with E-state index in [0.717, 1.165) is 43.3 Å². The summed E-state index contributed by atoms with van der Waals surface area (Å²) in [5.41, 5.74) is 2.36. The zero-order valence-electron chi connectivity index (χ0n) is 16.4. The summed E-state index contributed by atoms with van der Waals surface area (Å²) in [6, 6.07) is 2.10. The lowest BCUT2D eigenvalue weighted by molar-refractivity contribution is -0.148. The number of allylic oxidation sites excluding steroid dienone is 1. The fraction of sp³-hybridized carbons (Fsp3) is 0.550. The van der Waals surface area contributed by atoms with E-state index in [9.17, 15) is 13.2 Å². The topological polar surface area (TPSA) is 28.2 Å². The van der Waals surface area contributed by atoms with Crippen LogP contribution in [0.15, 0.2) is 31.0 Å². The van der Waals surface area contributed by atoms with E-state index >= 15 is 0 Å². The van der Waals surface area contributed by atoms with Gasteiger partial charge >= 0.3 is 6.18 Å². The largest absolute Gasteiger partial charge is 0.408 e. The van der Waals surface area contributed by atoms with Crippen LogP contribution in [0.4, 0.5) is 19.0 Å². The van der Waals surface area contributed by atoms with Gasteiger partial charge < -0.3 is 10.2 Å². The van der Waals surface area contributed by atoms with Crippen molar-refractivity contribution in [1.82, 2.24) is 10.3 Å². The van der Waals surface area contributed by atoms with Crippen LogP contribution in [0.25, 0.3) is 5.70 Å². The Kier molecular flexibility index (Phi) is 7.72. The minimum Gasteiger partial charge on any atom is -0.373 e. The summed E-state index contributed by atoms with van der Waals surface area (Å²) in [6.45, 7) is 17.0. The van der Waals surface area contributed by atoms with E-state index < -0.39 is 12.2 Å². The highest BCUT2D eigenvalue weighted by Gasteiger charge is 2.36. The molecule has 26 heavy (non-hydrogen) atoms. The third-order valence-corrected chi connectivity index (χ3v) is 4.36. The van der Waals surface area contributed by atoms with Crippen LogP contribution in [-0.2, 0) is 0 Å². The molecule has 0 bridgehead atoms. The van der Waals surface area contributed by atoms with Gasteiger partial charge in [-0.25, -0.2) is 4.98 Å². The average Bonchev–Trinajstić information content (AvgIpc) is 2.54. The number of alkyl halides is 3. The molecule has 1 aromatic rings. The van der Waals surface area contributed by atoms with Gasteiger partial charge in [-0.1, -0.05) is 39.5 Å². The normalized spacial score (nSPS) is 13.8. The van der Waals surface area contributed by atoms with E-state index in [2.05, 4.69) is 42.2 Å². The zero-order valence-corrected chi connectivity index (χ0v) is 16.4. The minimum atomic E-state index is -4.34. The Morgan fingerprint density at radius 1 is 1.27 bits per heavy atom. The highest BCUT2D eigenvalue weighted by Crippen LogP contribution is 2.28. The van der Waals surface area contributed by atoms with Gasteiger partial charge in [0.2, 0.25) is 0 Å². The molecule has 146 valence electrons. The Bertz CT molecular complexity index is 638. The third kappa shape index (κ3) is 5.51. The molecule has 1 heterocycles. The molecule has 1 rings (SSSR count). The number of rotatable bonds is 9. The van der Waals surface area contributed by atoms with Crippen LogP contribution in [0.2, 0.25) is 0 Å². The molecule has 0 fully saturated rings. The summed E-state index contributed by atoms with van der Waals surface area (Å²) in [6.07, 6.45) is -1.40. The molecule has 1 N–H and O–H groups in total. The highest BCUT2D eigenvalue weighted by atomic mass is 19.4. The van der Waals surface area contributed by atoms with Crippen molar-refractivity contribution >= 4 is 11.5 Å². The van der Waals surface area contributed by atoms with Crippen molar-refractivity contribution in [3.05, 3.63) is 42.2 Å². The Morgan fingerprint density at radius 2 is 1.88 bits per heavy atom. The first-order chi connectivity index (χ1) is 12.0. The fourth-order valence-electron chi connectivity index (χ4n) is 2.86. The number of anilines is 1. The summed E-state index contributed by atoms with van der Waals surface area (Å²) < 4.78 is 38.4. The van der Waals surface area contributed by atoms with Crippen LogP contribution in [0.5, 0.6) is 0 Å². The minimum absolute atomic E-state index is 0.154. The highest BCUT2D eigenvalue weighted by molar-refractivity contribution is 5.63. The lowest BCUT2D eigenvalue weighted by atomic mass is 10.1. The van der Waals surface area contributed by atoms with E-state index in [-0.39, 0.29) is 11.7 Å². The number of hydrogen-bond acceptors (Lipinski definition) is 3. The molecule has 0 saturated heterocycles. The van der Waals surface area contributed by atoms with E-state index in [1.807, 2.05) is 19.9 Å². The van der Waals surface area contributed by atoms with Gasteiger partial charge in [-0.3, -0.25) is 0 Å². The second-order valence-corrected chi connectivity index (χ2v) is 6.68. The first-order valence-electron chi connectivity index (χ1n) is 8.97. The average molecular weight is 369 g/mol. The molecule has 0 amide bonds. The standard InChI is InChI=1S/C20H30F3N3/c1-8-10-17(9-2)26(13(3)4)19-14(5)11-12-18(25-19)15(6)24-16(7)20(21,22)23/h11-12,16-17,24H,3,6,8-10H2,1-2,4-5,7H3/t16-,17?/m1/s1. The van der Waals surface area contributed by atoms with Gasteiger partial charge in [-0.2, -0.15) is 13.2 Å². The monoisotopic (exact) mass is 369 g/mol. The van der Waals surface area contributed by atoms with E-state index in [1.165, 1.54) is 0 Å². The van der Waals surface area contributed by atoms with Crippen molar-refractivity contribution in [1.29, 1.82) is 0 Å². The van der Waals surface area contributed by atoms with Gasteiger partial charge in [-0.15, -0.1) is 0 Å². The van der Waals surface area contributed by atoms with Crippen LogP contribution >= 0.6 is 0 Å². The van der Waals surface area contributed by atoms with Crippen molar-refractivity contribution < 1.29 is 13.2 Å². The molecule has 0 aliphatic carbocycles. The molecule has 1 unspecified atom stereocenters. The van der Waals surface area contributed by atoms with Gasteiger partial charge in [-0.05, 0) is 45.2 Å². The van der Waals surface area contributed by atoms with E-state index in [0.29, 0.717) is 5.69 Å². The number of nitrogens with one attached hydrogen (secondary N) is 1. The number of aromatic nitrogens is 1. The van der Waals surface area contributed by atoms with Crippen LogP contribution in [0.3, 0.4) is 0 Å². The lowest BCUT2D eigenvalue weighted by Crippen LogP contribution is -2.38. The predicted octanol–water partition coefficient (Wildman–Crippen LogP) is 5.82. The van der Waals surface area contributed by atoms with Crippen molar-refractivity contribution in [3.8, 4) is 0 Å². The molecule has 0 radical (unpaired) electrons. The molecule has 2 atom stereocenters. The predicted molar refractivity (Wildman–Crippen MR) is 103 cm³/mol. The molecule has 0 spiro atoms. The van der Waals surface area contributed by atoms with Gasteiger partial charge in [0.1, 0.15) is 11.9 Å². The number of halogens is 3. The van der Waals surface area contributed by atoms with Crippen LogP contribution < -0.4 is 10.2 Å². The van der Waals surface area contributed by atoms with Gasteiger partial charge in [0.25, 0.3) is 0 Å². The first-order valence-corrected chi connectivity index (χ1v) is 8.97. The molecular formula is C20H30F3N3. The third-order valence-electron chi connectivity index (χ3n) is 4.36. The smallest absolute Gasteiger partial charge is 0.373 e. The summed E-state index contributed by atoms with van der Waals surface area (Å²) >= 11 is 0.